The number of hydrogen-bond acceptors (Lipinski definition) is 7. The molecule has 9 nitrogen and oxygen atoms in total. The number of piperidine rings is 1. The van der Waals surface area contributed by atoms with Crippen LogP contribution in [-0.4, -0.2) is 70.0 Å². The Morgan fingerprint density at radius 2 is 1.76 bits per heavy atom. The van der Waals surface area contributed by atoms with E-state index in [1.165, 1.54) is 30.0 Å². The van der Waals surface area contributed by atoms with Gasteiger partial charge in [0.1, 0.15) is 17.7 Å². The summed E-state index contributed by atoms with van der Waals surface area (Å²) >= 11 is 0. The smallest absolute Gasteiger partial charge is 0.262 e. The van der Waals surface area contributed by atoms with E-state index >= 15 is 0 Å². The summed E-state index contributed by atoms with van der Waals surface area (Å²) in [7, 11) is 1.88. The summed E-state index contributed by atoms with van der Waals surface area (Å²) in [6, 6.07) is 18.7. The average Bonchev–Trinajstić information content (AvgIpc) is 3.33. The maximum Gasteiger partial charge on any atom is 0.262 e. The number of amides is 1. The second kappa shape index (κ2) is 12.0. The van der Waals surface area contributed by atoms with Gasteiger partial charge in [-0.2, -0.15) is 5.26 Å². The lowest BCUT2D eigenvalue weighted by Gasteiger charge is -2.39. The standard InChI is InChI=1S/C32H38N4O5/c1-19-10-12-36(13-11-19)26-7-6-21-14-23(5-4-22(21)15-26)28-9-8-25(35(28)3)16-24(17-33)31(39)34-18-27-30(38)29(37)20(2)41-32(27)40/h4-9,14-16,19-20,27,29-30,32,37-38,40H,10-13,18H2,1-3H3,(H,34,39)/b24-16+/t20-,27-,29?,30+,32-/m0/s1. The Morgan fingerprint density at radius 1 is 1.05 bits per heavy atom. The summed E-state index contributed by atoms with van der Waals surface area (Å²) < 4.78 is 7.16. The number of nitriles is 1. The largest absolute Gasteiger partial charge is 0.390 e. The van der Waals surface area contributed by atoms with Gasteiger partial charge in [-0.25, -0.2) is 0 Å². The van der Waals surface area contributed by atoms with Crippen molar-refractivity contribution in [1.29, 1.82) is 5.26 Å². The van der Waals surface area contributed by atoms with Crippen molar-refractivity contribution in [2.45, 2.75) is 51.3 Å². The number of benzene rings is 2. The first kappa shape index (κ1) is 28.8. The Kier molecular flexibility index (Phi) is 8.47. The van der Waals surface area contributed by atoms with Crippen molar-refractivity contribution in [3.8, 4) is 17.3 Å². The quantitative estimate of drug-likeness (QED) is 0.270. The van der Waals surface area contributed by atoms with Crippen LogP contribution in [-0.2, 0) is 16.6 Å². The average molecular weight is 559 g/mol. The number of anilines is 1. The SMILES string of the molecule is CC1CCN(c2ccc3cc(-c4ccc(/C=C(\C#N)C(=O)NC[C@@H]5[C@@H](O)O[C@@H](C)C(O)[C@@H]5O)n4C)ccc3c2)CC1. The van der Waals surface area contributed by atoms with Crippen LogP contribution in [0.2, 0.25) is 0 Å². The highest BCUT2D eigenvalue weighted by Gasteiger charge is 2.42. The molecule has 0 aliphatic carbocycles. The lowest BCUT2D eigenvalue weighted by atomic mass is 9.91. The Bertz CT molecular complexity index is 1480. The van der Waals surface area contributed by atoms with Crippen molar-refractivity contribution in [2.24, 2.45) is 18.9 Å². The van der Waals surface area contributed by atoms with Crippen molar-refractivity contribution in [3.05, 3.63) is 59.8 Å². The number of nitrogens with one attached hydrogen (secondary N) is 1. The van der Waals surface area contributed by atoms with E-state index in [9.17, 15) is 25.4 Å². The Morgan fingerprint density at radius 3 is 2.49 bits per heavy atom. The first-order valence-corrected chi connectivity index (χ1v) is 14.2. The number of carbonyl (C=O) groups is 1. The van der Waals surface area contributed by atoms with Gasteiger partial charge < -0.3 is 34.8 Å². The number of ether oxygens (including phenoxy) is 1. The van der Waals surface area contributed by atoms with E-state index in [2.05, 4.69) is 53.5 Å². The number of fused-ring (bicyclic) bond motifs is 1. The van der Waals surface area contributed by atoms with Crippen LogP contribution in [0.5, 0.6) is 0 Å². The fourth-order valence-electron chi connectivity index (χ4n) is 5.74. The molecule has 0 radical (unpaired) electrons. The Hall–Kier alpha value is -3.68. The Balaban J connectivity index is 1.30. The van der Waals surface area contributed by atoms with Gasteiger partial charge in [0.05, 0.1) is 18.1 Å². The van der Waals surface area contributed by atoms with E-state index in [4.69, 9.17) is 4.74 Å². The van der Waals surface area contributed by atoms with E-state index in [1.54, 1.807) is 6.92 Å². The van der Waals surface area contributed by atoms with Gasteiger partial charge in [-0.15, -0.1) is 0 Å². The summed E-state index contributed by atoms with van der Waals surface area (Å²) in [6.07, 6.45) is -0.604. The molecule has 0 spiro atoms. The summed E-state index contributed by atoms with van der Waals surface area (Å²) in [5, 5.41) is 45.1. The number of rotatable bonds is 6. The molecule has 41 heavy (non-hydrogen) atoms. The zero-order chi connectivity index (χ0) is 29.3. The van der Waals surface area contributed by atoms with Crippen LogP contribution in [0.25, 0.3) is 28.1 Å². The first-order chi connectivity index (χ1) is 19.7. The lowest BCUT2D eigenvalue weighted by Crippen LogP contribution is -2.56. The van der Waals surface area contributed by atoms with Crippen molar-refractivity contribution in [1.82, 2.24) is 9.88 Å². The lowest BCUT2D eigenvalue weighted by molar-refractivity contribution is -0.257. The van der Waals surface area contributed by atoms with Crippen molar-refractivity contribution in [3.63, 3.8) is 0 Å². The van der Waals surface area contributed by atoms with Gasteiger partial charge in [0.25, 0.3) is 5.91 Å². The number of hydrogen-bond donors (Lipinski definition) is 4. The van der Waals surface area contributed by atoms with Crippen LogP contribution >= 0.6 is 0 Å². The second-order valence-corrected chi connectivity index (χ2v) is 11.4. The monoisotopic (exact) mass is 558 g/mol. The van der Waals surface area contributed by atoms with E-state index in [-0.39, 0.29) is 12.1 Å². The predicted octanol–water partition coefficient (Wildman–Crippen LogP) is 3.18. The number of nitrogens with zero attached hydrogens (tertiary/aromatic N) is 3. The topological polar surface area (TPSA) is 131 Å². The number of aliphatic hydroxyl groups excluding tert-OH is 3. The predicted molar refractivity (Wildman–Crippen MR) is 158 cm³/mol. The van der Waals surface area contributed by atoms with Crippen molar-refractivity contribution in [2.75, 3.05) is 24.5 Å². The van der Waals surface area contributed by atoms with Crippen LogP contribution in [0.4, 0.5) is 5.69 Å². The third kappa shape index (κ3) is 6.02. The number of aromatic nitrogens is 1. The highest BCUT2D eigenvalue weighted by molar-refractivity contribution is 6.01. The van der Waals surface area contributed by atoms with Gasteiger partial charge in [-0.3, -0.25) is 4.79 Å². The zero-order valence-electron chi connectivity index (χ0n) is 23.7. The molecule has 2 aromatic carbocycles. The van der Waals surface area contributed by atoms with Gasteiger partial charge in [0, 0.05) is 43.8 Å². The maximum atomic E-state index is 12.8. The maximum absolute atomic E-state index is 12.8. The minimum absolute atomic E-state index is 0.120. The third-order valence-electron chi connectivity index (χ3n) is 8.57. The molecule has 5 atom stereocenters. The van der Waals surface area contributed by atoms with Gasteiger partial charge >= 0.3 is 0 Å². The fraction of sp³-hybridized carbons (Fsp3) is 0.438. The number of carbonyl (C=O) groups excluding carboxylic acids is 1. The molecule has 216 valence electrons. The zero-order valence-corrected chi connectivity index (χ0v) is 23.7. The Labute approximate surface area is 240 Å². The second-order valence-electron chi connectivity index (χ2n) is 11.4. The van der Waals surface area contributed by atoms with Crippen molar-refractivity contribution >= 4 is 28.4 Å². The molecule has 9 heteroatoms. The van der Waals surface area contributed by atoms with Gasteiger partial charge in [-0.05, 0) is 78.4 Å². The molecular formula is C32H38N4O5. The normalized spacial score (nSPS) is 25.7. The molecule has 1 amide bonds. The third-order valence-corrected chi connectivity index (χ3v) is 8.57. The summed E-state index contributed by atoms with van der Waals surface area (Å²) in [4.78, 5) is 15.3. The molecular weight excluding hydrogens is 520 g/mol. The minimum Gasteiger partial charge on any atom is -0.390 e. The fourth-order valence-corrected chi connectivity index (χ4v) is 5.74. The van der Waals surface area contributed by atoms with Crippen LogP contribution in [0.3, 0.4) is 0 Å². The van der Waals surface area contributed by atoms with Gasteiger partial charge in [0.2, 0.25) is 0 Å². The summed E-state index contributed by atoms with van der Waals surface area (Å²) in [5.74, 6) is -0.789. The van der Waals surface area contributed by atoms with Crippen LogP contribution in [0.1, 0.15) is 32.4 Å². The molecule has 3 aromatic rings. The molecule has 1 aromatic heterocycles. The van der Waals surface area contributed by atoms with Crippen LogP contribution in [0.15, 0.2) is 54.1 Å². The molecule has 0 bridgehead atoms. The van der Waals surface area contributed by atoms with E-state index in [1.807, 2.05) is 29.8 Å². The molecule has 1 unspecified atom stereocenters. The molecule has 2 saturated heterocycles. The minimum atomic E-state index is -1.35. The van der Waals surface area contributed by atoms with E-state index in [0.717, 1.165) is 35.7 Å². The van der Waals surface area contributed by atoms with Gasteiger partial charge in [0.15, 0.2) is 6.29 Å². The van der Waals surface area contributed by atoms with Crippen molar-refractivity contribution < 1.29 is 24.9 Å². The molecule has 3 heterocycles. The first-order valence-electron chi connectivity index (χ1n) is 14.2. The van der Waals surface area contributed by atoms with Gasteiger partial charge in [-0.1, -0.05) is 25.1 Å². The molecule has 2 fully saturated rings. The molecule has 0 saturated carbocycles. The van der Waals surface area contributed by atoms with E-state index in [0.29, 0.717) is 5.69 Å². The molecule has 5 rings (SSSR count). The van der Waals surface area contributed by atoms with E-state index < -0.39 is 36.4 Å². The summed E-state index contributed by atoms with van der Waals surface area (Å²) in [5.41, 5.74) is 3.78. The number of aliphatic hydroxyl groups is 3. The van der Waals surface area contributed by atoms with Crippen LogP contribution in [0, 0.1) is 23.2 Å². The highest BCUT2D eigenvalue weighted by Crippen LogP contribution is 2.31. The highest BCUT2D eigenvalue weighted by atomic mass is 16.6. The molecule has 2 aliphatic heterocycles. The summed E-state index contributed by atoms with van der Waals surface area (Å²) in [6.45, 7) is 5.88. The van der Waals surface area contributed by atoms with Crippen LogP contribution < -0.4 is 10.2 Å². The molecule has 2 aliphatic rings. The molecule has 4 N–H and O–H groups in total.